The van der Waals surface area contributed by atoms with Gasteiger partial charge in [-0.05, 0) is 45.6 Å². The molecule has 1 aromatic rings. The Morgan fingerprint density at radius 1 is 0.914 bits per heavy atom. The first kappa shape index (κ1) is 30.3. The van der Waals surface area contributed by atoms with Gasteiger partial charge in [0, 0.05) is 13.1 Å². The van der Waals surface area contributed by atoms with E-state index in [0.717, 1.165) is 5.56 Å². The van der Waals surface area contributed by atoms with E-state index in [0.29, 0.717) is 52.2 Å². The summed E-state index contributed by atoms with van der Waals surface area (Å²) in [5.74, 6) is -0.549. The summed E-state index contributed by atoms with van der Waals surface area (Å²) in [6.07, 6.45) is 1.65. The third kappa shape index (κ3) is 17.4. The summed E-state index contributed by atoms with van der Waals surface area (Å²) in [5.41, 5.74) is 6.31. The fraction of sp³-hybridized carbons (Fsp3) is 0.640. The lowest BCUT2D eigenvalue weighted by molar-refractivity contribution is -0.146. The topological polar surface area (TPSA) is 138 Å². The van der Waals surface area contributed by atoms with Crippen molar-refractivity contribution < 1.29 is 33.3 Å². The molecule has 10 nitrogen and oxygen atoms in total. The molecule has 0 aliphatic carbocycles. The third-order valence-electron chi connectivity index (χ3n) is 4.56. The molecule has 35 heavy (non-hydrogen) atoms. The Morgan fingerprint density at radius 2 is 1.60 bits per heavy atom. The first-order valence-corrected chi connectivity index (χ1v) is 12.0. The number of alkyl carbamates (subject to hydrolysis) is 1. The predicted octanol–water partition coefficient (Wildman–Crippen LogP) is 2.29. The summed E-state index contributed by atoms with van der Waals surface area (Å²) >= 11 is 0. The van der Waals surface area contributed by atoms with Crippen LogP contribution in [0, 0.1) is 0 Å². The second-order valence-electron chi connectivity index (χ2n) is 8.94. The lowest BCUT2D eigenvalue weighted by Crippen LogP contribution is -2.42. The van der Waals surface area contributed by atoms with Crippen molar-refractivity contribution in [2.45, 2.75) is 64.7 Å². The van der Waals surface area contributed by atoms with Crippen LogP contribution in [0.4, 0.5) is 4.79 Å². The maximum atomic E-state index is 12.0. The number of rotatable bonds is 17. The second kappa shape index (κ2) is 17.7. The minimum absolute atomic E-state index is 0.178. The Balaban J connectivity index is 1.91. The number of nitrogens with one attached hydrogen (secondary N) is 2. The molecule has 0 aliphatic heterocycles. The lowest BCUT2D eigenvalue weighted by Gasteiger charge is -2.19. The normalized spacial score (nSPS) is 12.0. The molecule has 0 bridgehead atoms. The number of carbonyl (C=O) groups is 3. The molecule has 0 saturated heterocycles. The average Bonchev–Trinajstić information content (AvgIpc) is 2.80. The zero-order valence-corrected chi connectivity index (χ0v) is 21.2. The standard InChI is InChI=1S/C25H41N3O7/c1-25(2,3)35-24(31)28-13-8-7-11-21(26)23(30)27-14-16-33-18-17-32-15-12-22(29)34-19-20-9-5-4-6-10-20/h4-6,9-10,21H,7-8,11-19,26H2,1-3H3,(H,27,30)(H,28,31)/t21-/m0/s1. The molecule has 0 radical (unpaired) electrons. The molecule has 0 unspecified atom stereocenters. The van der Waals surface area contributed by atoms with Crippen LogP contribution in [-0.2, 0) is 35.1 Å². The highest BCUT2D eigenvalue weighted by atomic mass is 16.6. The van der Waals surface area contributed by atoms with E-state index in [4.69, 9.17) is 24.7 Å². The van der Waals surface area contributed by atoms with Gasteiger partial charge in [0.25, 0.3) is 0 Å². The van der Waals surface area contributed by atoms with Crippen LogP contribution in [0.15, 0.2) is 30.3 Å². The van der Waals surface area contributed by atoms with Gasteiger partial charge < -0.3 is 35.3 Å². The molecule has 0 saturated carbocycles. The fourth-order valence-electron chi connectivity index (χ4n) is 2.79. The Labute approximate surface area is 208 Å². The van der Waals surface area contributed by atoms with E-state index in [-0.39, 0.29) is 31.5 Å². The maximum absolute atomic E-state index is 12.0. The van der Waals surface area contributed by atoms with E-state index in [1.165, 1.54) is 0 Å². The molecule has 1 aromatic carbocycles. The zero-order chi connectivity index (χ0) is 25.9. The molecular weight excluding hydrogens is 454 g/mol. The van der Waals surface area contributed by atoms with Crippen molar-refractivity contribution in [3.05, 3.63) is 35.9 Å². The number of hydrogen-bond acceptors (Lipinski definition) is 8. The summed E-state index contributed by atoms with van der Waals surface area (Å²) in [7, 11) is 0. The molecule has 2 amide bonds. The van der Waals surface area contributed by atoms with Crippen molar-refractivity contribution in [3.8, 4) is 0 Å². The first-order valence-electron chi connectivity index (χ1n) is 12.0. The van der Waals surface area contributed by atoms with Gasteiger partial charge in [0.05, 0.1) is 38.9 Å². The Morgan fingerprint density at radius 3 is 2.29 bits per heavy atom. The van der Waals surface area contributed by atoms with E-state index < -0.39 is 17.7 Å². The molecule has 0 fully saturated rings. The number of carbonyl (C=O) groups excluding carboxylic acids is 3. The summed E-state index contributed by atoms with van der Waals surface area (Å²) in [6, 6.07) is 8.87. The monoisotopic (exact) mass is 495 g/mol. The Kier molecular flexibility index (Phi) is 15.3. The third-order valence-corrected chi connectivity index (χ3v) is 4.56. The van der Waals surface area contributed by atoms with Crippen LogP contribution in [0.5, 0.6) is 0 Å². The molecule has 0 heterocycles. The quantitative estimate of drug-likeness (QED) is 0.221. The van der Waals surface area contributed by atoms with E-state index in [2.05, 4.69) is 10.6 Å². The first-order chi connectivity index (χ1) is 16.7. The summed E-state index contributed by atoms with van der Waals surface area (Å²) < 4.78 is 21.1. The molecule has 0 aromatic heterocycles. The summed E-state index contributed by atoms with van der Waals surface area (Å²) in [4.78, 5) is 35.2. The van der Waals surface area contributed by atoms with Crippen molar-refractivity contribution in [1.29, 1.82) is 0 Å². The Bertz CT molecular complexity index is 738. The number of amides is 2. The Hall–Kier alpha value is -2.69. The molecule has 1 rings (SSSR count). The van der Waals surface area contributed by atoms with Gasteiger partial charge >= 0.3 is 12.1 Å². The average molecular weight is 496 g/mol. The smallest absolute Gasteiger partial charge is 0.407 e. The van der Waals surface area contributed by atoms with Crippen LogP contribution in [0.25, 0.3) is 0 Å². The molecule has 4 N–H and O–H groups in total. The van der Waals surface area contributed by atoms with Gasteiger partial charge in [-0.15, -0.1) is 0 Å². The fourth-order valence-corrected chi connectivity index (χ4v) is 2.79. The van der Waals surface area contributed by atoms with Crippen LogP contribution in [0.3, 0.4) is 0 Å². The van der Waals surface area contributed by atoms with E-state index in [1.54, 1.807) is 20.8 Å². The van der Waals surface area contributed by atoms with Gasteiger partial charge in [0.2, 0.25) is 5.91 Å². The number of benzene rings is 1. The molecule has 10 heteroatoms. The number of nitrogens with two attached hydrogens (primary N) is 1. The van der Waals surface area contributed by atoms with Gasteiger partial charge in [-0.2, -0.15) is 0 Å². The zero-order valence-electron chi connectivity index (χ0n) is 21.2. The highest BCUT2D eigenvalue weighted by molar-refractivity contribution is 5.81. The van der Waals surface area contributed by atoms with Crippen LogP contribution in [0.2, 0.25) is 0 Å². The number of unbranched alkanes of at least 4 members (excludes halogenated alkanes) is 1. The minimum atomic E-state index is -0.610. The van der Waals surface area contributed by atoms with E-state index >= 15 is 0 Å². The van der Waals surface area contributed by atoms with Crippen LogP contribution >= 0.6 is 0 Å². The highest BCUT2D eigenvalue weighted by Crippen LogP contribution is 2.06. The lowest BCUT2D eigenvalue weighted by atomic mass is 10.1. The number of hydrogen-bond donors (Lipinski definition) is 3. The van der Waals surface area contributed by atoms with Gasteiger partial charge in [-0.1, -0.05) is 30.3 Å². The van der Waals surface area contributed by atoms with Gasteiger partial charge in [0.15, 0.2) is 0 Å². The molecule has 0 aliphatic rings. The maximum Gasteiger partial charge on any atom is 0.407 e. The van der Waals surface area contributed by atoms with Gasteiger partial charge in [-0.25, -0.2) is 4.79 Å². The van der Waals surface area contributed by atoms with Crippen molar-refractivity contribution >= 4 is 18.0 Å². The highest BCUT2D eigenvalue weighted by Gasteiger charge is 2.16. The van der Waals surface area contributed by atoms with Gasteiger partial charge in [0.1, 0.15) is 12.2 Å². The van der Waals surface area contributed by atoms with Crippen molar-refractivity contribution in [2.24, 2.45) is 5.73 Å². The van der Waals surface area contributed by atoms with E-state index in [9.17, 15) is 14.4 Å². The van der Waals surface area contributed by atoms with Crippen LogP contribution in [0.1, 0.15) is 52.0 Å². The van der Waals surface area contributed by atoms with E-state index in [1.807, 2.05) is 30.3 Å². The summed E-state index contributed by atoms with van der Waals surface area (Å²) in [6.45, 7) is 7.77. The molecular formula is C25H41N3O7. The largest absolute Gasteiger partial charge is 0.461 e. The number of ether oxygens (including phenoxy) is 4. The SMILES string of the molecule is CC(C)(C)OC(=O)NCCCC[C@H](N)C(=O)NCCOCCOCCC(=O)OCc1ccccc1. The minimum Gasteiger partial charge on any atom is -0.461 e. The molecule has 0 spiro atoms. The van der Waals surface area contributed by atoms with Crippen LogP contribution in [-0.4, -0.2) is 69.1 Å². The second-order valence-corrected chi connectivity index (χ2v) is 8.94. The number of esters is 1. The predicted molar refractivity (Wildman–Crippen MR) is 132 cm³/mol. The van der Waals surface area contributed by atoms with Crippen LogP contribution < -0.4 is 16.4 Å². The van der Waals surface area contributed by atoms with Gasteiger partial charge in [-0.3, -0.25) is 9.59 Å². The summed E-state index contributed by atoms with van der Waals surface area (Å²) in [5, 5.41) is 5.40. The molecule has 1 atom stereocenters. The van der Waals surface area contributed by atoms with Crippen molar-refractivity contribution in [1.82, 2.24) is 10.6 Å². The van der Waals surface area contributed by atoms with Crippen molar-refractivity contribution in [3.63, 3.8) is 0 Å². The molecule has 198 valence electrons. The van der Waals surface area contributed by atoms with Crippen molar-refractivity contribution in [2.75, 3.05) is 39.5 Å².